The topological polar surface area (TPSA) is 29.9 Å². The van der Waals surface area contributed by atoms with Crippen molar-refractivity contribution in [3.05, 3.63) is 88.9 Å². The van der Waals surface area contributed by atoms with Crippen LogP contribution >= 0.6 is 23.4 Å². The Balaban J connectivity index is 1.55. The molecule has 0 amide bonds. The molecule has 4 aromatic rings. The summed E-state index contributed by atoms with van der Waals surface area (Å²) in [6.45, 7) is 2.85. The average Bonchev–Trinajstić information content (AvgIpc) is 3.03. The summed E-state index contributed by atoms with van der Waals surface area (Å²) in [7, 11) is 0. The first-order chi connectivity index (χ1) is 13.2. The highest BCUT2D eigenvalue weighted by Crippen LogP contribution is 2.24. The number of anilines is 1. The molecule has 0 radical (unpaired) electrons. The fourth-order valence-corrected chi connectivity index (χ4v) is 3.78. The normalized spacial score (nSPS) is 11.0. The second kappa shape index (κ2) is 8.07. The quantitative estimate of drug-likeness (QED) is 0.312. The highest BCUT2D eigenvalue weighted by Gasteiger charge is 2.10. The number of halogens is 1. The molecule has 4 rings (SSSR count). The highest BCUT2D eigenvalue weighted by molar-refractivity contribution is 7.99. The number of para-hydroxylation sites is 2. The van der Waals surface area contributed by atoms with E-state index in [0.717, 1.165) is 34.4 Å². The minimum absolute atomic E-state index is 0.745. The van der Waals surface area contributed by atoms with Crippen molar-refractivity contribution in [3.63, 3.8) is 0 Å². The van der Waals surface area contributed by atoms with E-state index < -0.39 is 0 Å². The van der Waals surface area contributed by atoms with Crippen molar-refractivity contribution in [3.8, 4) is 0 Å². The molecule has 0 saturated carbocycles. The van der Waals surface area contributed by atoms with Crippen molar-refractivity contribution in [1.29, 1.82) is 0 Å². The average molecular weight is 394 g/mol. The van der Waals surface area contributed by atoms with Gasteiger partial charge in [0.25, 0.3) is 0 Å². The Morgan fingerprint density at radius 1 is 0.963 bits per heavy atom. The van der Waals surface area contributed by atoms with Crippen molar-refractivity contribution in [1.82, 2.24) is 9.55 Å². The van der Waals surface area contributed by atoms with Gasteiger partial charge in [0.2, 0.25) is 5.95 Å². The van der Waals surface area contributed by atoms with Crippen LogP contribution in [0, 0.1) is 6.92 Å². The van der Waals surface area contributed by atoms with Crippen LogP contribution in [0.15, 0.2) is 77.7 Å². The summed E-state index contributed by atoms with van der Waals surface area (Å²) in [5.41, 5.74) is 4.58. The van der Waals surface area contributed by atoms with Crippen LogP contribution in [0.3, 0.4) is 0 Å². The van der Waals surface area contributed by atoms with E-state index in [4.69, 9.17) is 16.6 Å². The van der Waals surface area contributed by atoms with Gasteiger partial charge in [-0.25, -0.2) is 4.98 Å². The predicted octanol–water partition coefficient (Wildman–Crippen LogP) is 6.21. The molecule has 0 spiro atoms. The van der Waals surface area contributed by atoms with Gasteiger partial charge in [-0.05, 0) is 48.9 Å². The van der Waals surface area contributed by atoms with Crippen LogP contribution in [0.1, 0.15) is 11.1 Å². The molecular formula is C22H20ClN3S. The lowest BCUT2D eigenvalue weighted by Gasteiger charge is -2.11. The second-order valence-electron chi connectivity index (χ2n) is 6.42. The first-order valence-electron chi connectivity index (χ1n) is 8.82. The number of hydrogen-bond donors (Lipinski definition) is 1. The number of aromatic nitrogens is 2. The van der Waals surface area contributed by atoms with E-state index in [-0.39, 0.29) is 0 Å². The van der Waals surface area contributed by atoms with E-state index in [1.54, 1.807) is 11.8 Å². The Bertz CT molecular complexity index is 1040. The number of rotatable bonds is 6. The molecule has 1 heterocycles. The Labute approximate surface area is 168 Å². The van der Waals surface area contributed by atoms with Crippen LogP contribution < -0.4 is 5.32 Å². The summed E-state index contributed by atoms with van der Waals surface area (Å²) in [6, 6.07) is 24.8. The Morgan fingerprint density at radius 3 is 2.48 bits per heavy atom. The molecule has 0 aliphatic rings. The zero-order valence-electron chi connectivity index (χ0n) is 15.0. The van der Waals surface area contributed by atoms with Crippen molar-refractivity contribution in [2.75, 3.05) is 11.2 Å². The maximum Gasteiger partial charge on any atom is 0.204 e. The first kappa shape index (κ1) is 18.0. The van der Waals surface area contributed by atoms with Crippen LogP contribution in [0.5, 0.6) is 0 Å². The third kappa shape index (κ3) is 4.29. The summed E-state index contributed by atoms with van der Waals surface area (Å²) in [4.78, 5) is 6.03. The number of nitrogens with zero attached hydrogens (tertiary/aromatic N) is 2. The smallest absolute Gasteiger partial charge is 0.204 e. The van der Waals surface area contributed by atoms with Crippen LogP contribution in [0.2, 0.25) is 5.02 Å². The van der Waals surface area contributed by atoms with Crippen molar-refractivity contribution >= 4 is 40.3 Å². The number of fused-ring (bicyclic) bond motifs is 1. The molecule has 27 heavy (non-hydrogen) atoms. The van der Waals surface area contributed by atoms with Gasteiger partial charge in [-0.15, -0.1) is 11.8 Å². The monoisotopic (exact) mass is 393 g/mol. The number of imidazole rings is 1. The number of aryl methyl sites for hydroxylation is 1. The molecule has 1 N–H and O–H groups in total. The highest BCUT2D eigenvalue weighted by atomic mass is 35.5. The molecule has 0 atom stereocenters. The lowest BCUT2D eigenvalue weighted by Crippen LogP contribution is -2.08. The zero-order chi connectivity index (χ0) is 18.6. The van der Waals surface area contributed by atoms with E-state index in [9.17, 15) is 0 Å². The molecule has 5 heteroatoms. The standard InChI is InChI=1S/C22H20ClN3S/c1-16-6-12-19(13-7-16)27-15-24-22-25-20-4-2-3-5-21(20)26(22)14-17-8-10-18(23)11-9-17/h2-13H,14-15H2,1H3,(H,24,25). The third-order valence-electron chi connectivity index (χ3n) is 4.40. The minimum atomic E-state index is 0.745. The second-order valence-corrected chi connectivity index (χ2v) is 7.90. The van der Waals surface area contributed by atoms with Gasteiger partial charge in [-0.2, -0.15) is 0 Å². The number of nitrogens with one attached hydrogen (secondary N) is 1. The van der Waals surface area contributed by atoms with Gasteiger partial charge in [0, 0.05) is 9.92 Å². The van der Waals surface area contributed by atoms with Gasteiger partial charge in [-0.3, -0.25) is 0 Å². The molecule has 0 saturated heterocycles. The van der Waals surface area contributed by atoms with Gasteiger partial charge in [0.1, 0.15) is 0 Å². The third-order valence-corrected chi connectivity index (χ3v) is 5.54. The summed E-state index contributed by atoms with van der Waals surface area (Å²) in [5, 5.41) is 4.24. The number of hydrogen-bond acceptors (Lipinski definition) is 3. The Kier molecular flexibility index (Phi) is 5.37. The fourth-order valence-electron chi connectivity index (χ4n) is 2.96. The lowest BCUT2D eigenvalue weighted by molar-refractivity contribution is 0.831. The Morgan fingerprint density at radius 2 is 1.70 bits per heavy atom. The summed E-state index contributed by atoms with van der Waals surface area (Å²) >= 11 is 7.79. The van der Waals surface area contributed by atoms with Gasteiger partial charge in [-0.1, -0.05) is 53.6 Å². The maximum absolute atomic E-state index is 6.02. The van der Waals surface area contributed by atoms with Gasteiger partial charge in [0.05, 0.1) is 23.5 Å². The molecule has 136 valence electrons. The van der Waals surface area contributed by atoms with Gasteiger partial charge in [0.15, 0.2) is 0 Å². The first-order valence-corrected chi connectivity index (χ1v) is 10.2. The molecule has 0 fully saturated rings. The molecule has 0 aliphatic heterocycles. The lowest BCUT2D eigenvalue weighted by atomic mass is 10.2. The Hall–Kier alpha value is -2.43. The maximum atomic E-state index is 6.02. The van der Waals surface area contributed by atoms with Gasteiger partial charge < -0.3 is 9.88 Å². The van der Waals surface area contributed by atoms with Crippen LogP contribution in [-0.2, 0) is 6.54 Å². The minimum Gasteiger partial charge on any atom is -0.346 e. The van der Waals surface area contributed by atoms with Crippen LogP contribution in [0.4, 0.5) is 5.95 Å². The number of benzene rings is 3. The van der Waals surface area contributed by atoms with E-state index >= 15 is 0 Å². The van der Waals surface area contributed by atoms with Crippen LogP contribution in [0.25, 0.3) is 11.0 Å². The van der Waals surface area contributed by atoms with E-state index in [1.807, 2.05) is 30.3 Å². The molecule has 1 aromatic heterocycles. The van der Waals surface area contributed by atoms with Crippen molar-refractivity contribution in [2.24, 2.45) is 0 Å². The van der Waals surface area contributed by atoms with Crippen molar-refractivity contribution in [2.45, 2.75) is 18.4 Å². The molecular weight excluding hydrogens is 374 g/mol. The summed E-state index contributed by atoms with van der Waals surface area (Å²) < 4.78 is 2.22. The predicted molar refractivity (Wildman–Crippen MR) is 116 cm³/mol. The van der Waals surface area contributed by atoms with E-state index in [2.05, 4.69) is 59.3 Å². The van der Waals surface area contributed by atoms with Gasteiger partial charge >= 0.3 is 0 Å². The molecule has 0 unspecified atom stereocenters. The number of thioether (sulfide) groups is 1. The SMILES string of the molecule is Cc1ccc(SCNc2nc3ccccc3n2Cc2ccc(Cl)cc2)cc1. The van der Waals surface area contributed by atoms with E-state index in [1.165, 1.54) is 16.0 Å². The summed E-state index contributed by atoms with van der Waals surface area (Å²) in [5.74, 6) is 1.64. The van der Waals surface area contributed by atoms with Crippen LogP contribution in [-0.4, -0.2) is 15.4 Å². The molecule has 0 bridgehead atoms. The largest absolute Gasteiger partial charge is 0.346 e. The van der Waals surface area contributed by atoms with Crippen molar-refractivity contribution < 1.29 is 0 Å². The van der Waals surface area contributed by atoms with E-state index in [0.29, 0.717) is 0 Å². The summed E-state index contributed by atoms with van der Waals surface area (Å²) in [6.07, 6.45) is 0. The molecule has 3 nitrogen and oxygen atoms in total. The fraction of sp³-hybridized carbons (Fsp3) is 0.136. The molecule has 3 aromatic carbocycles. The molecule has 0 aliphatic carbocycles. The zero-order valence-corrected chi connectivity index (χ0v) is 16.6.